The molecule has 48 valence electrons. The molecular weight excluding hydrogens is 127 g/mol. The van der Waals surface area contributed by atoms with Gasteiger partial charge in [0, 0.05) is 0 Å². The van der Waals surface area contributed by atoms with Crippen molar-refractivity contribution in [2.24, 2.45) is 0 Å². The molecule has 0 saturated carbocycles. The van der Waals surface area contributed by atoms with Gasteiger partial charge in [0.05, 0.1) is 12.4 Å². The first kappa shape index (κ1) is 5.74. The zero-order chi connectivity index (χ0) is 6.85. The van der Waals surface area contributed by atoms with Crippen molar-refractivity contribution in [1.29, 1.82) is 0 Å². The van der Waals surface area contributed by atoms with Crippen LogP contribution in [0, 0.1) is 0 Å². The summed E-state index contributed by atoms with van der Waals surface area (Å²) in [5, 5.41) is 11.2. The number of rotatable bonds is 1. The summed E-state index contributed by atoms with van der Waals surface area (Å²) < 4.78 is 11.8. The maximum Gasteiger partial charge on any atom is 0.339 e. The van der Waals surface area contributed by atoms with Gasteiger partial charge in [-0.3, -0.25) is 0 Å². The van der Waals surface area contributed by atoms with Gasteiger partial charge in [0.15, 0.2) is 0 Å². The molecule has 1 heterocycles. The van der Waals surface area contributed by atoms with E-state index < -0.39 is 5.97 Å². The Balaban J connectivity index is 2.98. The minimum Gasteiger partial charge on any atom is -0.478 e. The summed E-state index contributed by atoms with van der Waals surface area (Å²) in [5.74, 6) is -1.18. The minimum absolute atomic E-state index is 0.0521. The molecule has 0 aromatic carbocycles. The second-order valence-corrected chi connectivity index (χ2v) is 1.42. The third-order valence-electron chi connectivity index (χ3n) is 0.800. The number of aromatic nitrogens is 2. The lowest BCUT2D eigenvalue weighted by Crippen LogP contribution is -1.92. The van der Waals surface area contributed by atoms with Gasteiger partial charge in [-0.2, -0.15) is 0 Å². The van der Waals surface area contributed by atoms with Gasteiger partial charge in [0.25, 0.3) is 0 Å². The van der Waals surface area contributed by atoms with Gasteiger partial charge in [-0.05, 0) is 0 Å². The number of aromatic carboxylic acids is 1. The highest BCUT2D eigenvalue weighted by Gasteiger charge is 2.03. The minimum atomic E-state index is -1.18. The highest BCUT2D eigenvalue weighted by Crippen LogP contribution is 1.95. The largest absolute Gasteiger partial charge is 0.478 e. The summed E-state index contributed by atoms with van der Waals surface area (Å²) in [6.07, 6.45) is 1.71. The van der Waals surface area contributed by atoms with Crippen molar-refractivity contribution in [2.75, 3.05) is 0 Å². The van der Waals surface area contributed by atoms with Crippen LogP contribution in [0.4, 0.5) is 4.48 Å². The molecule has 1 aromatic rings. The predicted molar refractivity (Wildman–Crippen MR) is 25.7 cm³/mol. The number of halogens is 1. The van der Waals surface area contributed by atoms with E-state index in [0.717, 1.165) is 12.4 Å². The summed E-state index contributed by atoms with van der Waals surface area (Å²) >= 11 is 0. The maximum absolute atomic E-state index is 11.8. The van der Waals surface area contributed by atoms with Gasteiger partial charge in [-0.15, -0.1) is 10.0 Å². The molecule has 9 heavy (non-hydrogen) atoms. The number of carbonyl (C=O) groups is 1. The number of nitrogens with zero attached hydrogens (tertiary/aromatic N) is 2. The van der Waals surface area contributed by atoms with Gasteiger partial charge in [-0.1, -0.05) is 4.48 Å². The van der Waals surface area contributed by atoms with Crippen LogP contribution in [0.3, 0.4) is 0 Å². The molecule has 0 amide bonds. The molecule has 0 radical (unpaired) electrons. The molecule has 0 saturated heterocycles. The predicted octanol–water partition coefficient (Wildman–Crippen LogP) is 0.314. The zero-order valence-electron chi connectivity index (χ0n) is 4.28. The summed E-state index contributed by atoms with van der Waals surface area (Å²) in [5.41, 5.74) is -0.155. The van der Waals surface area contributed by atoms with Gasteiger partial charge >= 0.3 is 5.97 Å². The summed E-state index contributed by atoms with van der Waals surface area (Å²) in [6, 6.07) is 0. The van der Waals surface area contributed by atoms with Crippen molar-refractivity contribution in [2.45, 2.75) is 0 Å². The lowest BCUT2D eigenvalue weighted by Gasteiger charge is -1.78. The van der Waals surface area contributed by atoms with Crippen LogP contribution in [0.2, 0.25) is 0 Å². The molecule has 0 aliphatic heterocycles. The second-order valence-electron chi connectivity index (χ2n) is 1.42. The van der Waals surface area contributed by atoms with E-state index in [1.54, 1.807) is 0 Å². The Morgan fingerprint density at radius 1 is 1.89 bits per heavy atom. The van der Waals surface area contributed by atoms with E-state index in [2.05, 4.69) is 5.10 Å². The normalized spacial score (nSPS) is 9.44. The molecule has 0 bridgehead atoms. The SMILES string of the molecule is O=C(O)c1cnn(F)c1. The molecule has 1 aromatic heterocycles. The average Bonchev–Trinajstić information content (AvgIpc) is 2.14. The van der Waals surface area contributed by atoms with Crippen molar-refractivity contribution in [3.8, 4) is 0 Å². The molecular formula is C4H3FN2O2. The smallest absolute Gasteiger partial charge is 0.339 e. The Morgan fingerprint density at radius 3 is 2.78 bits per heavy atom. The molecule has 0 fully saturated rings. The molecule has 5 heteroatoms. The molecule has 1 N–H and O–H groups in total. The van der Waals surface area contributed by atoms with Gasteiger partial charge in [0.1, 0.15) is 5.56 Å². The Bertz CT molecular complexity index is 232. The number of hydrogen-bond acceptors (Lipinski definition) is 2. The lowest BCUT2D eigenvalue weighted by atomic mass is 10.4. The van der Waals surface area contributed by atoms with Crippen LogP contribution in [-0.2, 0) is 0 Å². The van der Waals surface area contributed by atoms with Crippen molar-refractivity contribution in [3.63, 3.8) is 0 Å². The molecule has 0 aliphatic rings. The summed E-state index contributed by atoms with van der Waals surface area (Å²) in [6.45, 7) is 0. The standard InChI is InChI=1S/C4H3FN2O2/c5-7-2-3(1-6-7)4(8)9/h1-2H,(H,8,9). The molecule has 0 atom stereocenters. The summed E-state index contributed by atoms with van der Waals surface area (Å²) in [7, 11) is 0. The van der Waals surface area contributed by atoms with Crippen LogP contribution in [0.5, 0.6) is 0 Å². The monoisotopic (exact) mass is 130 g/mol. The van der Waals surface area contributed by atoms with Crippen LogP contribution in [0.25, 0.3) is 0 Å². The van der Waals surface area contributed by atoms with Gasteiger partial charge in [-0.25, -0.2) is 4.79 Å². The quantitative estimate of drug-likeness (QED) is 0.595. The average molecular weight is 130 g/mol. The van der Waals surface area contributed by atoms with Crippen LogP contribution < -0.4 is 0 Å². The lowest BCUT2D eigenvalue weighted by molar-refractivity contribution is 0.0696. The molecule has 0 spiro atoms. The first-order chi connectivity index (χ1) is 4.20. The Hall–Kier alpha value is -1.39. The van der Waals surface area contributed by atoms with E-state index in [-0.39, 0.29) is 10.5 Å². The number of carboxylic acids is 1. The third-order valence-corrected chi connectivity index (χ3v) is 0.800. The Morgan fingerprint density at radius 2 is 2.56 bits per heavy atom. The highest BCUT2D eigenvalue weighted by atomic mass is 19.2. The van der Waals surface area contributed by atoms with E-state index in [1.807, 2.05) is 0 Å². The van der Waals surface area contributed by atoms with Crippen molar-refractivity contribution >= 4 is 5.97 Å². The topological polar surface area (TPSA) is 55.1 Å². The molecule has 0 aliphatic carbocycles. The van der Waals surface area contributed by atoms with Crippen molar-refractivity contribution in [3.05, 3.63) is 18.0 Å². The molecule has 1 rings (SSSR count). The fourth-order valence-electron chi connectivity index (χ4n) is 0.409. The van der Waals surface area contributed by atoms with Crippen molar-refractivity contribution in [1.82, 2.24) is 10.0 Å². The van der Waals surface area contributed by atoms with E-state index in [4.69, 9.17) is 5.11 Å². The number of carboxylic acid groups (broad SMARTS) is 1. The Kier molecular flexibility index (Phi) is 1.18. The molecule has 0 unspecified atom stereocenters. The first-order valence-electron chi connectivity index (χ1n) is 2.14. The molecule has 4 nitrogen and oxygen atoms in total. The van der Waals surface area contributed by atoms with E-state index in [0.29, 0.717) is 0 Å². The van der Waals surface area contributed by atoms with Crippen LogP contribution in [-0.4, -0.2) is 21.1 Å². The van der Waals surface area contributed by atoms with E-state index >= 15 is 0 Å². The van der Waals surface area contributed by atoms with Crippen molar-refractivity contribution < 1.29 is 14.4 Å². The zero-order valence-corrected chi connectivity index (χ0v) is 4.28. The second kappa shape index (κ2) is 1.85. The fourth-order valence-corrected chi connectivity index (χ4v) is 0.409. The van der Waals surface area contributed by atoms with Gasteiger partial charge < -0.3 is 5.11 Å². The third kappa shape index (κ3) is 1.04. The fraction of sp³-hybridized carbons (Fsp3) is 0. The first-order valence-corrected chi connectivity index (χ1v) is 2.14. The van der Waals surface area contributed by atoms with E-state index in [1.165, 1.54) is 0 Å². The van der Waals surface area contributed by atoms with Crippen LogP contribution >= 0.6 is 0 Å². The summed E-state index contributed by atoms with van der Waals surface area (Å²) in [4.78, 5) is 9.94. The van der Waals surface area contributed by atoms with Crippen LogP contribution in [0.1, 0.15) is 10.4 Å². The maximum atomic E-state index is 11.8. The van der Waals surface area contributed by atoms with E-state index in [9.17, 15) is 9.28 Å². The van der Waals surface area contributed by atoms with Crippen LogP contribution in [0.15, 0.2) is 12.4 Å². The Labute approximate surface area is 49.5 Å². The highest BCUT2D eigenvalue weighted by molar-refractivity contribution is 5.86. The number of hydrogen-bond donors (Lipinski definition) is 1. The van der Waals surface area contributed by atoms with Gasteiger partial charge in [0.2, 0.25) is 0 Å².